The van der Waals surface area contributed by atoms with Gasteiger partial charge in [-0.15, -0.1) is 0 Å². The Bertz CT molecular complexity index is 462. The minimum atomic E-state index is 0.0176. The Morgan fingerprint density at radius 3 is 2.95 bits per heavy atom. The number of carbonyl (C=O) groups excluding carboxylic acids is 1. The summed E-state index contributed by atoms with van der Waals surface area (Å²) < 4.78 is 5.54. The lowest BCUT2D eigenvalue weighted by atomic mass is 9.97. The highest BCUT2D eigenvalue weighted by Crippen LogP contribution is 2.20. The topological polar surface area (TPSA) is 67.3 Å². The summed E-state index contributed by atoms with van der Waals surface area (Å²) in [6, 6.07) is 1.80. The molecule has 6 heteroatoms. The molecule has 0 saturated carbocycles. The van der Waals surface area contributed by atoms with Crippen molar-refractivity contribution in [2.45, 2.75) is 31.8 Å². The van der Waals surface area contributed by atoms with Gasteiger partial charge >= 0.3 is 0 Å². The quantitative estimate of drug-likeness (QED) is 0.895. The Kier molecular flexibility index (Phi) is 4.65. The Morgan fingerprint density at radius 1 is 1.33 bits per heavy atom. The van der Waals surface area contributed by atoms with Crippen LogP contribution in [0.1, 0.15) is 25.7 Å². The average Bonchev–Trinajstić information content (AvgIpc) is 3.07. The third-order valence-electron chi connectivity index (χ3n) is 4.16. The van der Waals surface area contributed by atoms with E-state index < -0.39 is 0 Å². The van der Waals surface area contributed by atoms with Gasteiger partial charge in [-0.3, -0.25) is 4.79 Å². The van der Waals surface area contributed by atoms with Crippen molar-refractivity contribution in [1.29, 1.82) is 0 Å². The number of aromatic nitrogens is 2. The number of hydrogen-bond donors (Lipinski definition) is 1. The molecule has 6 nitrogen and oxygen atoms in total. The summed E-state index contributed by atoms with van der Waals surface area (Å²) in [5.41, 5.74) is 0. The molecule has 1 aromatic rings. The normalized spacial score (nSPS) is 25.8. The van der Waals surface area contributed by atoms with E-state index in [1.54, 1.807) is 18.5 Å². The first-order valence-corrected chi connectivity index (χ1v) is 7.74. The van der Waals surface area contributed by atoms with Gasteiger partial charge in [0.05, 0.1) is 12.0 Å². The van der Waals surface area contributed by atoms with Crippen molar-refractivity contribution >= 4 is 11.9 Å². The summed E-state index contributed by atoms with van der Waals surface area (Å²) in [6.45, 7) is 3.07. The van der Waals surface area contributed by atoms with Gasteiger partial charge in [-0.2, -0.15) is 0 Å². The van der Waals surface area contributed by atoms with Gasteiger partial charge in [0.1, 0.15) is 0 Å². The van der Waals surface area contributed by atoms with Gasteiger partial charge in [0, 0.05) is 38.6 Å². The number of nitrogens with one attached hydrogen (secondary N) is 1. The van der Waals surface area contributed by atoms with Crippen LogP contribution in [0.15, 0.2) is 18.5 Å². The van der Waals surface area contributed by atoms with Crippen LogP contribution in [0.3, 0.4) is 0 Å². The molecule has 0 bridgehead atoms. The largest absolute Gasteiger partial charge is 0.376 e. The number of anilines is 1. The molecular formula is C15H22N4O2. The molecule has 0 unspecified atom stereocenters. The Labute approximate surface area is 124 Å². The van der Waals surface area contributed by atoms with E-state index in [2.05, 4.69) is 20.2 Å². The van der Waals surface area contributed by atoms with Crippen LogP contribution in [-0.2, 0) is 9.53 Å². The summed E-state index contributed by atoms with van der Waals surface area (Å²) in [6.07, 6.45) is 7.76. The number of hydrogen-bond acceptors (Lipinski definition) is 5. The van der Waals surface area contributed by atoms with Gasteiger partial charge in [0.15, 0.2) is 0 Å². The minimum Gasteiger partial charge on any atom is -0.376 e. The van der Waals surface area contributed by atoms with Gasteiger partial charge in [-0.05, 0) is 31.7 Å². The molecular weight excluding hydrogens is 268 g/mol. The zero-order valence-corrected chi connectivity index (χ0v) is 12.2. The summed E-state index contributed by atoms with van der Waals surface area (Å²) in [5, 5.41) is 3.03. The van der Waals surface area contributed by atoms with Crippen LogP contribution in [-0.4, -0.2) is 48.2 Å². The van der Waals surface area contributed by atoms with Crippen LogP contribution in [0.25, 0.3) is 0 Å². The first kappa shape index (κ1) is 14.3. The summed E-state index contributed by atoms with van der Waals surface area (Å²) >= 11 is 0. The van der Waals surface area contributed by atoms with Gasteiger partial charge < -0.3 is 15.0 Å². The Morgan fingerprint density at radius 2 is 2.19 bits per heavy atom. The molecule has 3 rings (SSSR count). The van der Waals surface area contributed by atoms with E-state index in [0.717, 1.165) is 38.8 Å². The van der Waals surface area contributed by atoms with Crippen LogP contribution >= 0.6 is 0 Å². The van der Waals surface area contributed by atoms with Crippen molar-refractivity contribution in [3.63, 3.8) is 0 Å². The van der Waals surface area contributed by atoms with E-state index in [4.69, 9.17) is 4.74 Å². The highest BCUT2D eigenvalue weighted by Gasteiger charge is 2.27. The second-order valence-corrected chi connectivity index (χ2v) is 5.71. The second kappa shape index (κ2) is 6.85. The first-order chi connectivity index (χ1) is 10.3. The van der Waals surface area contributed by atoms with Crippen molar-refractivity contribution < 1.29 is 9.53 Å². The molecule has 0 radical (unpaired) electrons. The number of carbonyl (C=O) groups is 1. The van der Waals surface area contributed by atoms with E-state index in [1.807, 2.05) is 0 Å². The van der Waals surface area contributed by atoms with E-state index in [0.29, 0.717) is 19.0 Å². The van der Waals surface area contributed by atoms with Crippen molar-refractivity contribution in [2.24, 2.45) is 5.92 Å². The molecule has 2 aliphatic rings. The summed E-state index contributed by atoms with van der Waals surface area (Å²) in [4.78, 5) is 22.9. The third-order valence-corrected chi connectivity index (χ3v) is 4.16. The smallest absolute Gasteiger partial charge is 0.225 e. The van der Waals surface area contributed by atoms with Gasteiger partial charge in [-0.1, -0.05) is 0 Å². The molecule has 2 fully saturated rings. The maximum Gasteiger partial charge on any atom is 0.225 e. The van der Waals surface area contributed by atoms with Gasteiger partial charge in [0.25, 0.3) is 0 Å². The van der Waals surface area contributed by atoms with Crippen LogP contribution in [0.4, 0.5) is 5.95 Å². The number of piperidine rings is 1. The number of nitrogens with zero attached hydrogens (tertiary/aromatic N) is 3. The zero-order chi connectivity index (χ0) is 14.5. The van der Waals surface area contributed by atoms with Crippen molar-refractivity contribution in [3.8, 4) is 0 Å². The van der Waals surface area contributed by atoms with E-state index in [1.165, 1.54) is 0 Å². The molecule has 0 aromatic carbocycles. The lowest BCUT2D eigenvalue weighted by Gasteiger charge is -2.32. The number of rotatable bonds is 4. The molecule has 1 N–H and O–H groups in total. The molecule has 114 valence electrons. The molecule has 2 saturated heterocycles. The van der Waals surface area contributed by atoms with Crippen molar-refractivity contribution in [2.75, 3.05) is 31.1 Å². The molecule has 2 atom stereocenters. The third kappa shape index (κ3) is 3.69. The monoisotopic (exact) mass is 290 g/mol. The van der Waals surface area contributed by atoms with E-state index >= 15 is 0 Å². The fraction of sp³-hybridized carbons (Fsp3) is 0.667. The lowest BCUT2D eigenvalue weighted by molar-refractivity contribution is -0.125. The van der Waals surface area contributed by atoms with E-state index in [-0.39, 0.29) is 17.9 Å². The highest BCUT2D eigenvalue weighted by atomic mass is 16.5. The van der Waals surface area contributed by atoms with Crippen LogP contribution in [0.5, 0.6) is 0 Å². The molecule has 3 heterocycles. The molecule has 21 heavy (non-hydrogen) atoms. The molecule has 0 spiro atoms. The fourth-order valence-corrected chi connectivity index (χ4v) is 2.99. The molecule has 2 aliphatic heterocycles. The van der Waals surface area contributed by atoms with Crippen LogP contribution < -0.4 is 10.2 Å². The minimum absolute atomic E-state index is 0.0176. The predicted molar refractivity (Wildman–Crippen MR) is 79.0 cm³/mol. The Hall–Kier alpha value is -1.69. The van der Waals surface area contributed by atoms with E-state index in [9.17, 15) is 4.79 Å². The molecule has 1 amide bonds. The first-order valence-electron chi connectivity index (χ1n) is 7.74. The number of amides is 1. The summed E-state index contributed by atoms with van der Waals surface area (Å²) in [7, 11) is 0. The standard InChI is InChI=1S/C15H22N4O2/c20-14(18-10-13-5-2-9-21-13)12-4-1-8-19(11-12)15-16-6-3-7-17-15/h3,6-7,12-13H,1-2,4-5,8-11H2,(H,18,20)/t12-,13-/m1/s1. The van der Waals surface area contributed by atoms with Crippen LogP contribution in [0, 0.1) is 5.92 Å². The second-order valence-electron chi connectivity index (χ2n) is 5.71. The molecule has 0 aliphatic carbocycles. The van der Waals surface area contributed by atoms with Crippen molar-refractivity contribution in [1.82, 2.24) is 15.3 Å². The summed E-state index contributed by atoms with van der Waals surface area (Å²) in [5.74, 6) is 0.865. The lowest BCUT2D eigenvalue weighted by Crippen LogP contribution is -2.45. The number of ether oxygens (including phenoxy) is 1. The predicted octanol–water partition coefficient (Wildman–Crippen LogP) is 0.988. The fourth-order valence-electron chi connectivity index (χ4n) is 2.99. The average molecular weight is 290 g/mol. The van der Waals surface area contributed by atoms with Crippen LogP contribution in [0.2, 0.25) is 0 Å². The highest BCUT2D eigenvalue weighted by molar-refractivity contribution is 5.79. The SMILES string of the molecule is O=C(NC[C@H]1CCCO1)[C@@H]1CCCN(c2ncccn2)C1. The zero-order valence-electron chi connectivity index (χ0n) is 12.2. The van der Waals surface area contributed by atoms with Gasteiger partial charge in [0.2, 0.25) is 11.9 Å². The molecule has 1 aromatic heterocycles. The Balaban J connectivity index is 1.51. The maximum absolute atomic E-state index is 12.3. The maximum atomic E-state index is 12.3. The van der Waals surface area contributed by atoms with Crippen molar-refractivity contribution in [3.05, 3.63) is 18.5 Å². The van der Waals surface area contributed by atoms with Gasteiger partial charge in [-0.25, -0.2) is 9.97 Å².